The number of rotatable bonds is 1. The van der Waals surface area contributed by atoms with Gasteiger partial charge >= 0.3 is 0 Å². The smallest absolute Gasteiger partial charge is 0.134 e. The summed E-state index contributed by atoms with van der Waals surface area (Å²) in [6.45, 7) is 0. The van der Waals surface area contributed by atoms with Crippen LogP contribution in [0.5, 0.6) is 0 Å². The summed E-state index contributed by atoms with van der Waals surface area (Å²) in [7, 11) is 0. The van der Waals surface area contributed by atoms with E-state index in [-0.39, 0.29) is 5.92 Å². The molecule has 0 aromatic heterocycles. The van der Waals surface area contributed by atoms with Gasteiger partial charge in [-0.05, 0) is 31.1 Å². The third kappa shape index (κ3) is 4.64. The van der Waals surface area contributed by atoms with Crippen LogP contribution in [-0.4, -0.2) is 5.78 Å². The summed E-state index contributed by atoms with van der Waals surface area (Å²) < 4.78 is 0. The molecular formula is C17H27NO. The number of nitriles is 1. The molecule has 0 aliphatic heterocycles. The van der Waals surface area contributed by atoms with Crippen molar-refractivity contribution in [2.75, 3.05) is 0 Å². The summed E-state index contributed by atoms with van der Waals surface area (Å²) >= 11 is 0. The Kier molecular flexibility index (Phi) is 5.89. The second kappa shape index (κ2) is 7.68. The standard InChI is InChI=1S/C17H27NO/c18-13-14-11-16(9-6-10-17(19)12-14)15-7-4-2-1-3-5-8-15/h14-16H,1-12H2. The average molecular weight is 261 g/mol. The molecule has 0 N–H and O–H groups in total. The number of ketones is 1. The van der Waals surface area contributed by atoms with Crippen LogP contribution in [0.15, 0.2) is 0 Å². The molecule has 2 atom stereocenters. The SMILES string of the molecule is N#CC1CC(=O)CCCC(C2CCCCCCC2)C1. The molecule has 0 spiro atoms. The lowest BCUT2D eigenvalue weighted by Gasteiger charge is -2.31. The van der Waals surface area contributed by atoms with Crippen molar-refractivity contribution in [1.29, 1.82) is 5.26 Å². The fourth-order valence-corrected chi connectivity index (χ4v) is 3.99. The highest BCUT2D eigenvalue weighted by Gasteiger charge is 2.28. The van der Waals surface area contributed by atoms with Gasteiger partial charge in [-0.15, -0.1) is 0 Å². The largest absolute Gasteiger partial charge is 0.300 e. The minimum absolute atomic E-state index is 0.0109. The zero-order chi connectivity index (χ0) is 13.5. The summed E-state index contributed by atoms with van der Waals surface area (Å²) in [5.41, 5.74) is 0. The van der Waals surface area contributed by atoms with Crippen LogP contribution < -0.4 is 0 Å². The Balaban J connectivity index is 1.95. The van der Waals surface area contributed by atoms with Crippen LogP contribution in [0.25, 0.3) is 0 Å². The first-order valence-electron chi connectivity index (χ1n) is 8.21. The Morgan fingerprint density at radius 2 is 1.53 bits per heavy atom. The van der Waals surface area contributed by atoms with Gasteiger partial charge in [-0.2, -0.15) is 5.26 Å². The second-order valence-electron chi connectivity index (χ2n) is 6.56. The van der Waals surface area contributed by atoms with Crippen LogP contribution in [0.3, 0.4) is 0 Å². The number of carbonyl (C=O) groups is 1. The maximum atomic E-state index is 11.6. The molecule has 0 aromatic carbocycles. The van der Waals surface area contributed by atoms with Gasteiger partial charge in [0.15, 0.2) is 0 Å². The van der Waals surface area contributed by atoms with Gasteiger partial charge in [-0.25, -0.2) is 0 Å². The molecule has 106 valence electrons. The maximum Gasteiger partial charge on any atom is 0.134 e. The molecule has 2 saturated carbocycles. The van der Waals surface area contributed by atoms with Crippen LogP contribution >= 0.6 is 0 Å². The first kappa shape index (κ1) is 14.6. The average Bonchev–Trinajstić information content (AvgIpc) is 2.33. The summed E-state index contributed by atoms with van der Waals surface area (Å²) in [5.74, 6) is 1.83. The van der Waals surface area contributed by atoms with E-state index < -0.39 is 0 Å². The first-order chi connectivity index (χ1) is 9.29. The molecule has 0 saturated heterocycles. The molecular weight excluding hydrogens is 234 g/mol. The van der Waals surface area contributed by atoms with Crippen molar-refractivity contribution in [2.45, 2.75) is 77.0 Å². The highest BCUT2D eigenvalue weighted by atomic mass is 16.1. The van der Waals surface area contributed by atoms with Crippen molar-refractivity contribution in [3.8, 4) is 6.07 Å². The topological polar surface area (TPSA) is 40.9 Å². The van der Waals surface area contributed by atoms with Gasteiger partial charge in [0.25, 0.3) is 0 Å². The highest BCUT2D eigenvalue weighted by molar-refractivity contribution is 5.78. The van der Waals surface area contributed by atoms with Crippen molar-refractivity contribution in [3.05, 3.63) is 0 Å². The van der Waals surface area contributed by atoms with Crippen molar-refractivity contribution < 1.29 is 4.79 Å². The van der Waals surface area contributed by atoms with Gasteiger partial charge in [0.2, 0.25) is 0 Å². The van der Waals surface area contributed by atoms with Crippen LogP contribution in [-0.2, 0) is 4.79 Å². The predicted molar refractivity (Wildman–Crippen MR) is 76.5 cm³/mol. The number of hydrogen-bond acceptors (Lipinski definition) is 2. The Morgan fingerprint density at radius 3 is 2.21 bits per heavy atom. The summed E-state index contributed by atoms with van der Waals surface area (Å²) in [6.07, 6.45) is 14.1. The maximum absolute atomic E-state index is 11.6. The quantitative estimate of drug-likeness (QED) is 0.690. The molecule has 0 radical (unpaired) electrons. The molecule has 2 unspecified atom stereocenters. The van der Waals surface area contributed by atoms with Crippen molar-refractivity contribution >= 4 is 5.78 Å². The van der Waals surface area contributed by atoms with Crippen molar-refractivity contribution in [1.82, 2.24) is 0 Å². The minimum atomic E-state index is -0.0109. The lowest BCUT2D eigenvalue weighted by atomic mass is 9.73. The monoisotopic (exact) mass is 261 g/mol. The number of Topliss-reactive ketones (excluding diaryl/α,β-unsaturated/α-hetero) is 1. The van der Waals surface area contributed by atoms with Crippen LogP contribution in [0, 0.1) is 29.1 Å². The molecule has 0 bridgehead atoms. The molecule has 2 heteroatoms. The van der Waals surface area contributed by atoms with Gasteiger partial charge in [0, 0.05) is 12.8 Å². The van der Waals surface area contributed by atoms with Gasteiger partial charge in [0.1, 0.15) is 5.78 Å². The van der Waals surface area contributed by atoms with E-state index in [1.165, 1.54) is 51.4 Å². The third-order valence-corrected chi connectivity index (χ3v) is 5.09. The third-order valence-electron chi connectivity index (χ3n) is 5.09. The number of carbonyl (C=O) groups excluding carboxylic acids is 1. The van der Waals surface area contributed by atoms with E-state index in [2.05, 4.69) is 6.07 Å². The fraction of sp³-hybridized carbons (Fsp3) is 0.882. The number of hydrogen-bond donors (Lipinski definition) is 0. The summed E-state index contributed by atoms with van der Waals surface area (Å²) in [5, 5.41) is 9.24. The lowest BCUT2D eigenvalue weighted by molar-refractivity contribution is -0.120. The molecule has 2 fully saturated rings. The zero-order valence-electron chi connectivity index (χ0n) is 12.1. The molecule has 2 aliphatic carbocycles. The molecule has 2 aliphatic rings. The van der Waals surface area contributed by atoms with Gasteiger partial charge in [-0.3, -0.25) is 4.79 Å². The van der Waals surface area contributed by atoms with Crippen LogP contribution in [0.1, 0.15) is 77.0 Å². The fourth-order valence-electron chi connectivity index (χ4n) is 3.99. The second-order valence-corrected chi connectivity index (χ2v) is 6.56. The van der Waals surface area contributed by atoms with E-state index in [0.29, 0.717) is 24.5 Å². The predicted octanol–water partition coefficient (Wildman–Crippen LogP) is 4.64. The lowest BCUT2D eigenvalue weighted by Crippen LogP contribution is -2.23. The van der Waals surface area contributed by atoms with E-state index in [9.17, 15) is 10.1 Å². The normalized spacial score (nSPS) is 31.6. The molecule has 2 nitrogen and oxygen atoms in total. The summed E-state index contributed by atoms with van der Waals surface area (Å²) in [4.78, 5) is 11.6. The number of nitrogens with zero attached hydrogens (tertiary/aromatic N) is 1. The van der Waals surface area contributed by atoms with E-state index in [4.69, 9.17) is 0 Å². The first-order valence-corrected chi connectivity index (χ1v) is 8.21. The van der Waals surface area contributed by atoms with Gasteiger partial charge in [0.05, 0.1) is 12.0 Å². The Bertz CT molecular complexity index is 323. The van der Waals surface area contributed by atoms with E-state index in [1.54, 1.807) is 0 Å². The van der Waals surface area contributed by atoms with Gasteiger partial charge in [-0.1, -0.05) is 44.9 Å². The zero-order valence-corrected chi connectivity index (χ0v) is 12.1. The Morgan fingerprint density at radius 1 is 0.895 bits per heavy atom. The van der Waals surface area contributed by atoms with E-state index >= 15 is 0 Å². The molecule has 0 heterocycles. The molecule has 2 rings (SSSR count). The van der Waals surface area contributed by atoms with Crippen LogP contribution in [0.2, 0.25) is 0 Å². The van der Waals surface area contributed by atoms with Crippen LogP contribution in [0.4, 0.5) is 0 Å². The Hall–Kier alpha value is -0.840. The molecule has 0 amide bonds. The van der Waals surface area contributed by atoms with Crippen molar-refractivity contribution in [3.63, 3.8) is 0 Å². The molecule has 0 aromatic rings. The summed E-state index contributed by atoms with van der Waals surface area (Å²) in [6, 6.07) is 2.38. The van der Waals surface area contributed by atoms with Gasteiger partial charge < -0.3 is 0 Å². The van der Waals surface area contributed by atoms with Crippen molar-refractivity contribution in [2.24, 2.45) is 17.8 Å². The Labute approximate surface area is 117 Å². The van der Waals surface area contributed by atoms with E-state index in [1.807, 2.05) is 0 Å². The minimum Gasteiger partial charge on any atom is -0.300 e. The molecule has 19 heavy (non-hydrogen) atoms. The van der Waals surface area contributed by atoms with E-state index in [0.717, 1.165) is 18.8 Å². The highest BCUT2D eigenvalue weighted by Crippen LogP contribution is 2.36.